The van der Waals surface area contributed by atoms with Crippen LogP contribution >= 0.6 is 11.6 Å². The van der Waals surface area contributed by atoms with Crippen molar-refractivity contribution in [3.63, 3.8) is 0 Å². The molecule has 1 fully saturated rings. The van der Waals surface area contributed by atoms with E-state index >= 15 is 0 Å². The van der Waals surface area contributed by atoms with E-state index in [2.05, 4.69) is 34.2 Å². The molecule has 2 unspecified atom stereocenters. The average molecular weight is 241 g/mol. The number of halogens is 1. The third-order valence-electron chi connectivity index (χ3n) is 3.08. The first kappa shape index (κ1) is 11.6. The number of piperidine rings is 1. The lowest BCUT2D eigenvalue weighted by Crippen LogP contribution is -2.43. The van der Waals surface area contributed by atoms with Gasteiger partial charge in [0.05, 0.1) is 0 Å². The molecule has 0 spiro atoms. The second-order valence-corrected chi connectivity index (χ2v) is 4.89. The van der Waals surface area contributed by atoms with Crippen LogP contribution in [0, 0.1) is 5.92 Å². The minimum atomic E-state index is 0.474. The van der Waals surface area contributed by atoms with Gasteiger partial charge in [-0.25, -0.2) is 9.97 Å². The van der Waals surface area contributed by atoms with E-state index in [0.717, 1.165) is 25.3 Å². The summed E-state index contributed by atoms with van der Waals surface area (Å²) < 4.78 is 0. The van der Waals surface area contributed by atoms with Crippen LogP contribution in [0.4, 0.5) is 5.82 Å². The Labute approximate surface area is 101 Å². The lowest BCUT2D eigenvalue weighted by Gasteiger charge is -2.35. The Morgan fingerprint density at radius 3 is 3.00 bits per heavy atom. The van der Waals surface area contributed by atoms with Crippen LogP contribution in [0.1, 0.15) is 13.3 Å². The predicted molar refractivity (Wildman–Crippen MR) is 65.7 cm³/mol. The zero-order valence-electron chi connectivity index (χ0n) is 9.65. The first-order valence-electron chi connectivity index (χ1n) is 5.58. The first-order valence-corrected chi connectivity index (χ1v) is 5.95. The molecule has 0 bridgehead atoms. The van der Waals surface area contributed by atoms with Gasteiger partial charge in [0.25, 0.3) is 0 Å². The molecule has 5 heteroatoms. The summed E-state index contributed by atoms with van der Waals surface area (Å²) in [5, 5.41) is 3.91. The number of aromatic nitrogens is 2. The summed E-state index contributed by atoms with van der Waals surface area (Å²) in [5.41, 5.74) is 0. The van der Waals surface area contributed by atoms with Crippen molar-refractivity contribution < 1.29 is 0 Å². The summed E-state index contributed by atoms with van der Waals surface area (Å²) in [6, 6.07) is 2.24. The van der Waals surface area contributed by atoms with Crippen LogP contribution in [0.15, 0.2) is 12.4 Å². The number of anilines is 1. The number of likely N-dealkylation sites (tertiary alicyclic amines) is 1. The third kappa shape index (κ3) is 2.83. The Morgan fingerprint density at radius 2 is 2.31 bits per heavy atom. The molecule has 88 valence electrons. The van der Waals surface area contributed by atoms with Crippen LogP contribution in [0.5, 0.6) is 0 Å². The molecule has 1 aliphatic rings. The van der Waals surface area contributed by atoms with Gasteiger partial charge in [-0.2, -0.15) is 0 Å². The van der Waals surface area contributed by atoms with E-state index in [9.17, 15) is 0 Å². The maximum Gasteiger partial charge on any atom is 0.134 e. The molecule has 1 N–H and O–H groups in total. The average Bonchev–Trinajstić information content (AvgIpc) is 2.22. The number of hydrogen-bond donors (Lipinski definition) is 1. The van der Waals surface area contributed by atoms with Gasteiger partial charge in [0.15, 0.2) is 0 Å². The summed E-state index contributed by atoms with van der Waals surface area (Å²) >= 11 is 5.82. The summed E-state index contributed by atoms with van der Waals surface area (Å²) in [6.45, 7) is 4.51. The van der Waals surface area contributed by atoms with Gasteiger partial charge in [0.2, 0.25) is 0 Å². The second kappa shape index (κ2) is 4.97. The van der Waals surface area contributed by atoms with Crippen molar-refractivity contribution in [1.29, 1.82) is 0 Å². The van der Waals surface area contributed by atoms with Crippen molar-refractivity contribution >= 4 is 17.4 Å². The third-order valence-corrected chi connectivity index (χ3v) is 3.28. The summed E-state index contributed by atoms with van der Waals surface area (Å²) in [6.07, 6.45) is 2.63. The number of nitrogens with zero attached hydrogens (tertiary/aromatic N) is 3. The van der Waals surface area contributed by atoms with E-state index in [-0.39, 0.29) is 0 Å². The predicted octanol–water partition coefficient (Wildman–Crippen LogP) is 1.88. The molecule has 0 amide bonds. The van der Waals surface area contributed by atoms with E-state index in [0.29, 0.717) is 17.1 Å². The molecular formula is C11H17ClN4. The Bertz CT molecular complexity index is 358. The lowest BCUT2D eigenvalue weighted by molar-refractivity contribution is 0.206. The maximum absolute atomic E-state index is 5.82. The Morgan fingerprint density at radius 1 is 1.50 bits per heavy atom. The molecule has 1 saturated heterocycles. The second-order valence-electron chi connectivity index (χ2n) is 4.51. The lowest BCUT2D eigenvalue weighted by atomic mass is 9.94. The van der Waals surface area contributed by atoms with E-state index in [1.165, 1.54) is 6.33 Å². The number of nitrogens with one attached hydrogen (secondary N) is 1. The first-order chi connectivity index (χ1) is 7.65. The zero-order chi connectivity index (χ0) is 11.5. The van der Waals surface area contributed by atoms with Crippen molar-refractivity contribution in [2.75, 3.05) is 25.5 Å². The van der Waals surface area contributed by atoms with Crippen LogP contribution in [0.2, 0.25) is 5.15 Å². The highest BCUT2D eigenvalue weighted by Crippen LogP contribution is 2.20. The summed E-state index contributed by atoms with van der Waals surface area (Å²) in [4.78, 5) is 10.4. The molecule has 0 aliphatic carbocycles. The number of rotatable bonds is 2. The maximum atomic E-state index is 5.82. The molecule has 0 saturated carbocycles. The van der Waals surface area contributed by atoms with Crippen molar-refractivity contribution in [2.45, 2.75) is 19.4 Å². The van der Waals surface area contributed by atoms with Crippen LogP contribution in [-0.4, -0.2) is 41.0 Å². The Kier molecular flexibility index (Phi) is 3.61. The van der Waals surface area contributed by atoms with E-state index in [1.54, 1.807) is 6.07 Å². The molecule has 1 aromatic rings. The van der Waals surface area contributed by atoms with Crippen LogP contribution < -0.4 is 5.32 Å². The fraction of sp³-hybridized carbons (Fsp3) is 0.636. The number of hydrogen-bond acceptors (Lipinski definition) is 4. The standard InChI is InChI=1S/C11H17ClN4/c1-8-6-16(2)4-3-9(8)15-11-5-10(12)13-7-14-11/h5,7-9H,3-4,6H2,1-2H3,(H,13,14,15). The van der Waals surface area contributed by atoms with Crippen molar-refractivity contribution in [3.8, 4) is 0 Å². The highest BCUT2D eigenvalue weighted by Gasteiger charge is 2.24. The molecule has 1 aromatic heterocycles. The minimum Gasteiger partial charge on any atom is -0.367 e. The molecule has 1 aliphatic heterocycles. The zero-order valence-corrected chi connectivity index (χ0v) is 10.4. The van der Waals surface area contributed by atoms with E-state index < -0.39 is 0 Å². The van der Waals surface area contributed by atoms with Gasteiger partial charge in [0.1, 0.15) is 17.3 Å². The summed E-state index contributed by atoms with van der Waals surface area (Å²) in [7, 11) is 2.16. The molecule has 16 heavy (non-hydrogen) atoms. The van der Waals surface area contributed by atoms with E-state index in [1.807, 2.05) is 0 Å². The molecule has 2 rings (SSSR count). The largest absolute Gasteiger partial charge is 0.367 e. The van der Waals surface area contributed by atoms with Gasteiger partial charge in [-0.15, -0.1) is 0 Å². The Balaban J connectivity index is 1.99. The van der Waals surface area contributed by atoms with Crippen molar-refractivity contribution in [1.82, 2.24) is 14.9 Å². The minimum absolute atomic E-state index is 0.474. The van der Waals surface area contributed by atoms with Crippen LogP contribution in [0.25, 0.3) is 0 Å². The van der Waals surface area contributed by atoms with Gasteiger partial charge in [-0.05, 0) is 25.9 Å². The van der Waals surface area contributed by atoms with Gasteiger partial charge >= 0.3 is 0 Å². The van der Waals surface area contributed by atoms with E-state index in [4.69, 9.17) is 11.6 Å². The molecular weight excluding hydrogens is 224 g/mol. The normalized spacial score (nSPS) is 26.7. The molecule has 0 aromatic carbocycles. The van der Waals surface area contributed by atoms with Crippen molar-refractivity contribution in [2.24, 2.45) is 5.92 Å². The molecule has 0 radical (unpaired) electrons. The van der Waals surface area contributed by atoms with Gasteiger partial charge in [0, 0.05) is 18.7 Å². The summed E-state index contributed by atoms with van der Waals surface area (Å²) in [5.74, 6) is 1.44. The molecule has 2 atom stereocenters. The van der Waals surface area contributed by atoms with Crippen molar-refractivity contribution in [3.05, 3.63) is 17.5 Å². The fourth-order valence-electron chi connectivity index (χ4n) is 2.17. The van der Waals surface area contributed by atoms with Gasteiger partial charge < -0.3 is 10.2 Å². The molecule has 4 nitrogen and oxygen atoms in total. The van der Waals surface area contributed by atoms with Crippen LogP contribution in [-0.2, 0) is 0 Å². The van der Waals surface area contributed by atoms with Crippen LogP contribution in [0.3, 0.4) is 0 Å². The fourth-order valence-corrected chi connectivity index (χ4v) is 2.32. The van der Waals surface area contributed by atoms with Gasteiger partial charge in [-0.1, -0.05) is 18.5 Å². The SMILES string of the molecule is CC1CN(C)CCC1Nc1cc(Cl)ncn1. The van der Waals surface area contributed by atoms with Gasteiger partial charge in [-0.3, -0.25) is 0 Å². The smallest absolute Gasteiger partial charge is 0.134 e. The Hall–Kier alpha value is -0.870. The highest BCUT2D eigenvalue weighted by molar-refractivity contribution is 6.29. The quantitative estimate of drug-likeness (QED) is 0.802. The molecule has 2 heterocycles. The monoisotopic (exact) mass is 240 g/mol. The topological polar surface area (TPSA) is 41.0 Å². The highest BCUT2D eigenvalue weighted by atomic mass is 35.5.